The average Bonchev–Trinajstić information content (AvgIpc) is 2.48. The zero-order chi connectivity index (χ0) is 14.5. The van der Waals surface area contributed by atoms with Gasteiger partial charge < -0.3 is 10.5 Å². The summed E-state index contributed by atoms with van der Waals surface area (Å²) in [6.45, 7) is 4.37. The lowest BCUT2D eigenvalue weighted by atomic mass is 10.1. The lowest BCUT2D eigenvalue weighted by Crippen LogP contribution is -2.08. The molecule has 0 aliphatic rings. The smallest absolute Gasteiger partial charge is 0.123 e. The number of ether oxygens (including phenoxy) is 1. The molecule has 2 N–H and O–H groups in total. The van der Waals surface area contributed by atoms with Crippen LogP contribution in [0.4, 0.5) is 4.39 Å². The van der Waals surface area contributed by atoms with Gasteiger partial charge in [-0.25, -0.2) is 4.39 Å². The van der Waals surface area contributed by atoms with Crippen molar-refractivity contribution in [2.75, 3.05) is 0 Å². The molecule has 106 valence electrons. The molecule has 1 atom stereocenters. The summed E-state index contributed by atoms with van der Waals surface area (Å²) in [4.78, 5) is 0. The van der Waals surface area contributed by atoms with Crippen LogP contribution < -0.4 is 10.5 Å². The Hall–Kier alpha value is -1.87. The first-order valence-corrected chi connectivity index (χ1v) is 6.83. The van der Waals surface area contributed by atoms with Crippen molar-refractivity contribution in [3.63, 3.8) is 0 Å². The SMILES string of the molecule is CCC(N)c1ccc(OCc2cc(F)ccc2C)cc1. The molecule has 0 heterocycles. The van der Waals surface area contributed by atoms with E-state index in [4.69, 9.17) is 10.5 Å². The summed E-state index contributed by atoms with van der Waals surface area (Å²) in [7, 11) is 0. The highest BCUT2D eigenvalue weighted by Crippen LogP contribution is 2.20. The van der Waals surface area contributed by atoms with Gasteiger partial charge in [-0.05, 0) is 54.3 Å². The molecule has 0 aromatic heterocycles. The summed E-state index contributed by atoms with van der Waals surface area (Å²) >= 11 is 0. The zero-order valence-corrected chi connectivity index (χ0v) is 11.9. The predicted octanol–water partition coefficient (Wildman–Crippen LogP) is 4.12. The Bertz CT molecular complexity index is 566. The van der Waals surface area contributed by atoms with Gasteiger partial charge in [-0.15, -0.1) is 0 Å². The second-order valence-corrected chi connectivity index (χ2v) is 4.94. The van der Waals surface area contributed by atoms with Crippen molar-refractivity contribution < 1.29 is 9.13 Å². The molecular weight excluding hydrogens is 253 g/mol. The fraction of sp³-hybridized carbons (Fsp3) is 0.294. The number of halogens is 1. The minimum absolute atomic E-state index is 0.0644. The predicted molar refractivity (Wildman–Crippen MR) is 79.1 cm³/mol. The minimum Gasteiger partial charge on any atom is -0.489 e. The maximum atomic E-state index is 13.2. The summed E-state index contributed by atoms with van der Waals surface area (Å²) in [5.41, 5.74) is 8.95. The quantitative estimate of drug-likeness (QED) is 0.889. The molecule has 0 bridgehead atoms. The highest BCUT2D eigenvalue weighted by Gasteiger charge is 2.04. The first-order chi connectivity index (χ1) is 9.60. The Morgan fingerprint density at radius 1 is 1.15 bits per heavy atom. The van der Waals surface area contributed by atoms with E-state index >= 15 is 0 Å². The van der Waals surface area contributed by atoms with Crippen molar-refractivity contribution in [2.24, 2.45) is 5.73 Å². The topological polar surface area (TPSA) is 35.2 Å². The highest BCUT2D eigenvalue weighted by atomic mass is 19.1. The monoisotopic (exact) mass is 273 g/mol. The Morgan fingerprint density at radius 3 is 2.50 bits per heavy atom. The fourth-order valence-corrected chi connectivity index (χ4v) is 2.00. The van der Waals surface area contributed by atoms with Gasteiger partial charge in [-0.1, -0.05) is 25.1 Å². The Morgan fingerprint density at radius 2 is 1.85 bits per heavy atom. The minimum atomic E-state index is -0.238. The maximum absolute atomic E-state index is 13.2. The molecule has 0 amide bonds. The molecule has 2 aromatic carbocycles. The molecule has 0 aliphatic carbocycles. The lowest BCUT2D eigenvalue weighted by Gasteiger charge is -2.12. The molecule has 2 aromatic rings. The molecule has 2 nitrogen and oxygen atoms in total. The van der Waals surface area contributed by atoms with Crippen LogP contribution in [0.3, 0.4) is 0 Å². The average molecular weight is 273 g/mol. The van der Waals surface area contributed by atoms with Crippen LogP contribution in [-0.4, -0.2) is 0 Å². The van der Waals surface area contributed by atoms with Crippen molar-refractivity contribution in [3.8, 4) is 5.75 Å². The molecule has 0 aliphatic heterocycles. The molecule has 0 saturated heterocycles. The van der Waals surface area contributed by atoms with Crippen molar-refractivity contribution in [1.29, 1.82) is 0 Å². The normalized spacial score (nSPS) is 12.2. The van der Waals surface area contributed by atoms with Crippen LogP contribution in [0.25, 0.3) is 0 Å². The third kappa shape index (κ3) is 3.58. The van der Waals surface area contributed by atoms with Crippen LogP contribution in [0.15, 0.2) is 42.5 Å². The molecule has 3 heteroatoms. The molecule has 0 spiro atoms. The van der Waals surface area contributed by atoms with Crippen LogP contribution in [0, 0.1) is 12.7 Å². The van der Waals surface area contributed by atoms with Gasteiger partial charge in [0, 0.05) is 6.04 Å². The standard InChI is InChI=1S/C17H20FNO/c1-3-17(19)13-5-8-16(9-6-13)20-11-14-10-15(18)7-4-12(14)2/h4-10,17H,3,11,19H2,1-2H3. The van der Waals surface area contributed by atoms with Gasteiger partial charge in [0.15, 0.2) is 0 Å². The van der Waals surface area contributed by atoms with Gasteiger partial charge in [0.1, 0.15) is 18.2 Å². The molecule has 1 unspecified atom stereocenters. The number of rotatable bonds is 5. The van der Waals surface area contributed by atoms with E-state index in [2.05, 4.69) is 6.92 Å². The first-order valence-electron chi connectivity index (χ1n) is 6.83. The van der Waals surface area contributed by atoms with Crippen LogP contribution in [0.1, 0.15) is 36.1 Å². The second-order valence-electron chi connectivity index (χ2n) is 4.94. The van der Waals surface area contributed by atoms with E-state index in [9.17, 15) is 4.39 Å². The van der Waals surface area contributed by atoms with E-state index in [1.165, 1.54) is 12.1 Å². The van der Waals surface area contributed by atoms with E-state index in [0.717, 1.165) is 28.9 Å². The van der Waals surface area contributed by atoms with Gasteiger partial charge in [0.05, 0.1) is 0 Å². The largest absolute Gasteiger partial charge is 0.489 e. The number of benzene rings is 2. The molecule has 2 rings (SSSR count). The summed E-state index contributed by atoms with van der Waals surface area (Å²) in [6.07, 6.45) is 0.905. The summed E-state index contributed by atoms with van der Waals surface area (Å²) in [6, 6.07) is 12.5. The second kappa shape index (κ2) is 6.53. The number of nitrogens with two attached hydrogens (primary N) is 1. The van der Waals surface area contributed by atoms with E-state index < -0.39 is 0 Å². The fourth-order valence-electron chi connectivity index (χ4n) is 2.00. The van der Waals surface area contributed by atoms with Crippen molar-refractivity contribution in [3.05, 3.63) is 65.0 Å². The molecule has 0 radical (unpaired) electrons. The number of hydrogen-bond donors (Lipinski definition) is 1. The zero-order valence-electron chi connectivity index (χ0n) is 11.9. The lowest BCUT2D eigenvalue weighted by molar-refractivity contribution is 0.304. The molecule has 0 fully saturated rings. The molecule has 20 heavy (non-hydrogen) atoms. The summed E-state index contributed by atoms with van der Waals surface area (Å²) in [5, 5.41) is 0. The van der Waals surface area contributed by atoms with Crippen molar-refractivity contribution in [1.82, 2.24) is 0 Å². The van der Waals surface area contributed by atoms with Crippen molar-refractivity contribution in [2.45, 2.75) is 32.9 Å². The van der Waals surface area contributed by atoms with Crippen LogP contribution in [0.5, 0.6) is 5.75 Å². The van der Waals surface area contributed by atoms with Gasteiger partial charge in [-0.2, -0.15) is 0 Å². The Balaban J connectivity index is 2.02. The van der Waals surface area contributed by atoms with E-state index in [1.807, 2.05) is 31.2 Å². The van der Waals surface area contributed by atoms with Crippen LogP contribution >= 0.6 is 0 Å². The summed E-state index contributed by atoms with van der Waals surface area (Å²) < 4.78 is 18.9. The highest BCUT2D eigenvalue weighted by molar-refractivity contribution is 5.30. The van der Waals surface area contributed by atoms with Crippen molar-refractivity contribution >= 4 is 0 Å². The van der Waals surface area contributed by atoms with Crippen LogP contribution in [0.2, 0.25) is 0 Å². The van der Waals surface area contributed by atoms with Gasteiger partial charge in [-0.3, -0.25) is 0 Å². The third-order valence-corrected chi connectivity index (χ3v) is 3.45. The number of hydrogen-bond acceptors (Lipinski definition) is 2. The maximum Gasteiger partial charge on any atom is 0.123 e. The van der Waals surface area contributed by atoms with Gasteiger partial charge in [0.2, 0.25) is 0 Å². The van der Waals surface area contributed by atoms with Gasteiger partial charge in [0.25, 0.3) is 0 Å². The van der Waals surface area contributed by atoms with Crippen LogP contribution in [-0.2, 0) is 6.61 Å². The third-order valence-electron chi connectivity index (χ3n) is 3.45. The Kier molecular flexibility index (Phi) is 4.74. The van der Waals surface area contributed by atoms with Gasteiger partial charge >= 0.3 is 0 Å². The Labute approximate surface area is 119 Å². The molecule has 0 saturated carbocycles. The summed E-state index contributed by atoms with van der Waals surface area (Å²) in [5.74, 6) is 0.527. The first kappa shape index (κ1) is 14.5. The van der Waals surface area contributed by atoms with E-state index in [-0.39, 0.29) is 11.9 Å². The van der Waals surface area contributed by atoms with E-state index in [1.54, 1.807) is 6.07 Å². The molecular formula is C17H20FNO. The van der Waals surface area contributed by atoms with E-state index in [0.29, 0.717) is 6.61 Å². The number of aryl methyl sites for hydroxylation is 1.